The molecule has 1 aromatic carbocycles. The molecule has 93 valence electrons. The van der Waals surface area contributed by atoms with Crippen molar-refractivity contribution in [3.63, 3.8) is 0 Å². The fourth-order valence-electron chi connectivity index (χ4n) is 2.17. The van der Waals surface area contributed by atoms with Gasteiger partial charge >= 0.3 is 0 Å². The molecule has 1 aliphatic rings. The van der Waals surface area contributed by atoms with E-state index in [1.165, 1.54) is 11.8 Å². The highest BCUT2D eigenvalue weighted by molar-refractivity contribution is 7.99. The number of benzene rings is 1. The van der Waals surface area contributed by atoms with E-state index in [9.17, 15) is 4.39 Å². The highest BCUT2D eigenvalue weighted by Crippen LogP contribution is 2.35. The average molecular weight is 253 g/mol. The Bertz CT molecular complexity index is 409. The second kappa shape index (κ2) is 5.27. The molecule has 1 aromatic rings. The lowest BCUT2D eigenvalue weighted by molar-refractivity contribution is 0.600. The highest BCUT2D eigenvalue weighted by Gasteiger charge is 2.24. The van der Waals surface area contributed by atoms with Gasteiger partial charge < -0.3 is 10.6 Å². The molecule has 0 fully saturated rings. The molecule has 1 radical (unpaired) electrons. The summed E-state index contributed by atoms with van der Waals surface area (Å²) in [4.78, 5) is 2.86. The van der Waals surface area contributed by atoms with Crippen molar-refractivity contribution in [3.8, 4) is 0 Å². The van der Waals surface area contributed by atoms with Crippen LogP contribution in [0.1, 0.15) is 19.4 Å². The fraction of sp³-hybridized carbons (Fsp3) is 0.462. The summed E-state index contributed by atoms with van der Waals surface area (Å²) in [6.07, 6.45) is 2.76. The molecule has 0 bridgehead atoms. The van der Waals surface area contributed by atoms with Gasteiger partial charge in [0.2, 0.25) is 0 Å². The summed E-state index contributed by atoms with van der Waals surface area (Å²) in [7, 11) is 0. The molecule has 0 saturated carbocycles. The molecule has 2 rings (SSSR count). The summed E-state index contributed by atoms with van der Waals surface area (Å²) in [5, 5.41) is 0. The van der Waals surface area contributed by atoms with Crippen LogP contribution in [0.3, 0.4) is 0 Å². The maximum Gasteiger partial charge on any atom is 0.137 e. The van der Waals surface area contributed by atoms with Gasteiger partial charge in [0, 0.05) is 17.1 Å². The van der Waals surface area contributed by atoms with Crippen LogP contribution >= 0.6 is 11.8 Å². The molecule has 17 heavy (non-hydrogen) atoms. The first-order valence-electron chi connectivity index (χ1n) is 5.94. The first-order chi connectivity index (χ1) is 8.17. The highest BCUT2D eigenvalue weighted by atomic mass is 32.2. The molecule has 0 aliphatic carbocycles. The Kier molecular flexibility index (Phi) is 3.94. The van der Waals surface area contributed by atoms with Crippen LogP contribution in [-0.4, -0.2) is 18.5 Å². The third kappa shape index (κ3) is 2.43. The Balaban J connectivity index is 2.34. The van der Waals surface area contributed by atoms with Crippen molar-refractivity contribution in [2.75, 3.05) is 17.2 Å². The zero-order valence-corrected chi connectivity index (χ0v) is 11.1. The minimum absolute atomic E-state index is 0.0822. The topological polar surface area (TPSA) is 29.3 Å². The van der Waals surface area contributed by atoms with Gasteiger partial charge in [-0.25, -0.2) is 4.39 Å². The Morgan fingerprint density at radius 2 is 2.35 bits per heavy atom. The Morgan fingerprint density at radius 3 is 3.00 bits per heavy atom. The van der Waals surface area contributed by atoms with Crippen molar-refractivity contribution in [2.24, 2.45) is 5.73 Å². The van der Waals surface area contributed by atoms with Crippen LogP contribution in [0.4, 0.5) is 10.1 Å². The number of hydrogen-bond donors (Lipinski definition) is 1. The number of nitrogens with two attached hydrogens (primary N) is 1. The number of anilines is 1. The van der Waals surface area contributed by atoms with Gasteiger partial charge in [-0.2, -0.15) is 0 Å². The Morgan fingerprint density at radius 1 is 1.59 bits per heavy atom. The third-order valence-electron chi connectivity index (χ3n) is 3.07. The summed E-state index contributed by atoms with van der Waals surface area (Å²) in [5.41, 5.74) is 8.19. The standard InChI is InChI=1S/C13H18FN2S/c1-3-13(15)16-6-5-9-7-10(14)12(17-4-2)8-11(9)16/h3,7-8,13H,4-6,15H2,1-2H3. The third-order valence-corrected chi connectivity index (χ3v) is 3.98. The summed E-state index contributed by atoms with van der Waals surface area (Å²) in [6.45, 7) is 4.86. The lowest BCUT2D eigenvalue weighted by atomic mass is 10.1. The lowest BCUT2D eigenvalue weighted by Gasteiger charge is -2.26. The monoisotopic (exact) mass is 253 g/mol. The second-order valence-corrected chi connectivity index (χ2v) is 5.42. The van der Waals surface area contributed by atoms with Gasteiger partial charge in [-0.1, -0.05) is 13.8 Å². The van der Waals surface area contributed by atoms with Crippen LogP contribution in [0, 0.1) is 12.2 Å². The SMILES string of the molecule is C[CH]C(N)N1CCc2cc(F)c(SCC)cc21. The number of halogens is 1. The van der Waals surface area contributed by atoms with E-state index < -0.39 is 0 Å². The van der Waals surface area contributed by atoms with E-state index in [1.807, 2.05) is 26.3 Å². The van der Waals surface area contributed by atoms with Crippen molar-refractivity contribution in [1.29, 1.82) is 0 Å². The molecule has 0 aromatic heterocycles. The maximum absolute atomic E-state index is 13.8. The molecule has 1 aliphatic heterocycles. The molecular weight excluding hydrogens is 235 g/mol. The van der Waals surface area contributed by atoms with Crippen molar-refractivity contribution in [3.05, 3.63) is 29.9 Å². The average Bonchev–Trinajstić information content (AvgIpc) is 2.72. The van der Waals surface area contributed by atoms with Gasteiger partial charge in [0.15, 0.2) is 0 Å². The maximum atomic E-state index is 13.8. The molecule has 4 heteroatoms. The number of rotatable bonds is 4. The van der Waals surface area contributed by atoms with Gasteiger partial charge in [0.1, 0.15) is 5.82 Å². The zero-order valence-electron chi connectivity index (χ0n) is 10.2. The molecular formula is C13H18FN2S. The lowest BCUT2D eigenvalue weighted by Crippen LogP contribution is -2.40. The Hall–Kier alpha value is -0.740. The summed E-state index contributed by atoms with van der Waals surface area (Å²) in [5.74, 6) is 0.772. The van der Waals surface area contributed by atoms with E-state index in [1.54, 1.807) is 6.07 Å². The first kappa shape index (κ1) is 12.7. The Labute approximate surface area is 106 Å². The number of hydrogen-bond acceptors (Lipinski definition) is 3. The number of fused-ring (bicyclic) bond motifs is 1. The van der Waals surface area contributed by atoms with Gasteiger partial charge in [-0.3, -0.25) is 0 Å². The van der Waals surface area contributed by atoms with Crippen LogP contribution in [0.15, 0.2) is 17.0 Å². The molecule has 0 saturated heterocycles. The van der Waals surface area contributed by atoms with Gasteiger partial charge in [0.05, 0.1) is 6.17 Å². The van der Waals surface area contributed by atoms with E-state index in [4.69, 9.17) is 5.73 Å². The fourth-order valence-corrected chi connectivity index (χ4v) is 2.87. The van der Waals surface area contributed by atoms with Crippen molar-refractivity contribution < 1.29 is 4.39 Å². The van der Waals surface area contributed by atoms with Crippen LogP contribution in [0.2, 0.25) is 0 Å². The van der Waals surface area contributed by atoms with E-state index in [2.05, 4.69) is 4.90 Å². The molecule has 2 N–H and O–H groups in total. The summed E-state index contributed by atoms with van der Waals surface area (Å²) in [6, 6.07) is 3.60. The predicted molar refractivity (Wildman–Crippen MR) is 71.8 cm³/mol. The van der Waals surface area contributed by atoms with Crippen LogP contribution in [-0.2, 0) is 6.42 Å². The molecule has 1 unspecified atom stereocenters. The van der Waals surface area contributed by atoms with Crippen LogP contribution in [0.5, 0.6) is 0 Å². The van der Waals surface area contributed by atoms with Crippen LogP contribution in [0.25, 0.3) is 0 Å². The smallest absolute Gasteiger partial charge is 0.137 e. The van der Waals surface area contributed by atoms with Gasteiger partial charge in [-0.05, 0) is 36.3 Å². The summed E-state index contributed by atoms with van der Waals surface area (Å²) < 4.78 is 13.8. The predicted octanol–water partition coefficient (Wildman–Crippen LogP) is 2.81. The molecule has 1 atom stereocenters. The van der Waals surface area contributed by atoms with Crippen molar-refractivity contribution in [2.45, 2.75) is 31.3 Å². The van der Waals surface area contributed by atoms with Crippen LogP contribution < -0.4 is 10.6 Å². The number of thioether (sulfide) groups is 1. The normalized spacial score (nSPS) is 16.1. The van der Waals surface area contributed by atoms with E-state index >= 15 is 0 Å². The van der Waals surface area contributed by atoms with Gasteiger partial charge in [-0.15, -0.1) is 11.8 Å². The zero-order chi connectivity index (χ0) is 12.4. The van der Waals surface area contributed by atoms with Gasteiger partial charge in [0.25, 0.3) is 0 Å². The second-order valence-electron chi connectivity index (χ2n) is 4.11. The van der Waals surface area contributed by atoms with E-state index in [-0.39, 0.29) is 12.0 Å². The first-order valence-corrected chi connectivity index (χ1v) is 6.92. The van der Waals surface area contributed by atoms with E-state index in [0.717, 1.165) is 34.9 Å². The number of nitrogens with zero attached hydrogens (tertiary/aromatic N) is 1. The largest absolute Gasteiger partial charge is 0.355 e. The molecule has 2 nitrogen and oxygen atoms in total. The molecule has 0 amide bonds. The summed E-state index contributed by atoms with van der Waals surface area (Å²) >= 11 is 1.54. The minimum atomic E-state index is -0.105. The molecule has 0 spiro atoms. The van der Waals surface area contributed by atoms with E-state index in [0.29, 0.717) is 0 Å². The van der Waals surface area contributed by atoms with Crippen molar-refractivity contribution in [1.82, 2.24) is 0 Å². The molecule has 1 heterocycles. The quantitative estimate of drug-likeness (QED) is 0.837. The van der Waals surface area contributed by atoms with Crippen molar-refractivity contribution >= 4 is 17.4 Å². The minimum Gasteiger partial charge on any atom is -0.355 e.